The molecule has 4 nitrogen and oxygen atoms in total. The van der Waals surface area contributed by atoms with Gasteiger partial charge in [0.1, 0.15) is 0 Å². The highest BCUT2D eigenvalue weighted by Gasteiger charge is 2.10. The summed E-state index contributed by atoms with van der Waals surface area (Å²) in [6, 6.07) is 7.12. The zero-order valence-electron chi connectivity index (χ0n) is 11.0. The molecular weight excluding hydrogens is 230 g/mol. The fraction of sp³-hybridized carbons (Fsp3) is 0.429. The van der Waals surface area contributed by atoms with Gasteiger partial charge in [-0.05, 0) is 32.4 Å². The van der Waals surface area contributed by atoms with E-state index in [1.165, 1.54) is 0 Å². The third-order valence-electron chi connectivity index (χ3n) is 2.64. The highest BCUT2D eigenvalue weighted by atomic mass is 16.5. The Morgan fingerprint density at radius 3 is 2.44 bits per heavy atom. The van der Waals surface area contributed by atoms with Crippen molar-refractivity contribution in [1.29, 1.82) is 0 Å². The number of esters is 1. The molecule has 1 rings (SSSR count). The van der Waals surface area contributed by atoms with Gasteiger partial charge in [0.05, 0.1) is 5.56 Å². The molecule has 1 N–H and O–H groups in total. The Morgan fingerprint density at radius 2 is 1.89 bits per heavy atom. The van der Waals surface area contributed by atoms with Crippen molar-refractivity contribution in [3.05, 3.63) is 35.4 Å². The molecule has 1 aromatic rings. The van der Waals surface area contributed by atoms with Crippen LogP contribution in [0.4, 0.5) is 0 Å². The maximum absolute atomic E-state index is 11.6. The van der Waals surface area contributed by atoms with Crippen LogP contribution in [0.25, 0.3) is 0 Å². The number of nitrogens with one attached hydrogen (secondary N) is 1. The molecule has 0 unspecified atom stereocenters. The molecule has 1 aromatic carbocycles. The van der Waals surface area contributed by atoms with Crippen molar-refractivity contribution < 1.29 is 14.3 Å². The molecule has 4 heteroatoms. The van der Waals surface area contributed by atoms with Gasteiger partial charge in [-0.3, -0.25) is 4.79 Å². The molecule has 0 aliphatic rings. The minimum Gasteiger partial charge on any atom is -0.452 e. The summed E-state index contributed by atoms with van der Waals surface area (Å²) >= 11 is 0. The highest BCUT2D eigenvalue weighted by molar-refractivity contribution is 5.91. The maximum Gasteiger partial charge on any atom is 0.338 e. The standard InChI is InChI=1S/C14H19NO3/c1-4-11(3)15-13(16)9-18-14(17)12-7-5-10(2)6-8-12/h5-8,11H,4,9H2,1-3H3,(H,15,16)/t11-/m1/s1. The first-order valence-electron chi connectivity index (χ1n) is 6.06. The summed E-state index contributed by atoms with van der Waals surface area (Å²) in [4.78, 5) is 23.0. The van der Waals surface area contributed by atoms with Crippen LogP contribution in [0.1, 0.15) is 36.2 Å². The molecule has 0 aliphatic carbocycles. The van der Waals surface area contributed by atoms with Crippen LogP contribution in [0, 0.1) is 6.92 Å². The second-order valence-corrected chi connectivity index (χ2v) is 4.32. The molecule has 0 bridgehead atoms. The monoisotopic (exact) mass is 249 g/mol. The van der Waals surface area contributed by atoms with Gasteiger partial charge in [0.15, 0.2) is 6.61 Å². The van der Waals surface area contributed by atoms with Gasteiger partial charge in [-0.15, -0.1) is 0 Å². The number of benzene rings is 1. The Balaban J connectivity index is 2.41. The number of carbonyl (C=O) groups excluding carboxylic acids is 2. The predicted octanol–water partition coefficient (Wildman–Crippen LogP) is 2.07. The van der Waals surface area contributed by atoms with Crippen LogP contribution >= 0.6 is 0 Å². The Hall–Kier alpha value is -1.84. The van der Waals surface area contributed by atoms with Gasteiger partial charge < -0.3 is 10.1 Å². The Bertz CT molecular complexity index is 412. The largest absolute Gasteiger partial charge is 0.452 e. The second kappa shape index (κ2) is 6.79. The van der Waals surface area contributed by atoms with Gasteiger partial charge in [-0.1, -0.05) is 24.6 Å². The second-order valence-electron chi connectivity index (χ2n) is 4.32. The van der Waals surface area contributed by atoms with E-state index in [0.717, 1.165) is 12.0 Å². The van der Waals surface area contributed by atoms with Crippen LogP contribution in [0.2, 0.25) is 0 Å². The lowest BCUT2D eigenvalue weighted by Gasteiger charge is -2.11. The first kappa shape index (κ1) is 14.2. The average molecular weight is 249 g/mol. The topological polar surface area (TPSA) is 55.4 Å². The first-order valence-corrected chi connectivity index (χ1v) is 6.06. The predicted molar refractivity (Wildman–Crippen MR) is 69.4 cm³/mol. The molecule has 0 spiro atoms. The number of ether oxygens (including phenoxy) is 1. The zero-order valence-corrected chi connectivity index (χ0v) is 11.0. The van der Waals surface area contributed by atoms with Crippen molar-refractivity contribution in [2.75, 3.05) is 6.61 Å². The Labute approximate surface area is 107 Å². The summed E-state index contributed by atoms with van der Waals surface area (Å²) in [7, 11) is 0. The zero-order chi connectivity index (χ0) is 13.5. The third kappa shape index (κ3) is 4.57. The molecular formula is C14H19NO3. The van der Waals surface area contributed by atoms with Gasteiger partial charge in [0.25, 0.3) is 5.91 Å². The molecule has 0 saturated heterocycles. The van der Waals surface area contributed by atoms with Crippen molar-refractivity contribution in [3.8, 4) is 0 Å². The van der Waals surface area contributed by atoms with Crippen LogP contribution in [0.5, 0.6) is 0 Å². The fourth-order valence-corrected chi connectivity index (χ4v) is 1.32. The van der Waals surface area contributed by atoms with Crippen molar-refractivity contribution in [2.45, 2.75) is 33.2 Å². The molecule has 0 fully saturated rings. The number of amides is 1. The SMILES string of the molecule is CC[C@@H](C)NC(=O)COC(=O)c1ccc(C)cc1. The lowest BCUT2D eigenvalue weighted by Crippen LogP contribution is -2.35. The number of aryl methyl sites for hydroxylation is 1. The molecule has 1 amide bonds. The lowest BCUT2D eigenvalue weighted by molar-refractivity contribution is -0.124. The van der Waals surface area contributed by atoms with E-state index in [4.69, 9.17) is 4.74 Å². The van der Waals surface area contributed by atoms with Gasteiger partial charge >= 0.3 is 5.97 Å². The van der Waals surface area contributed by atoms with E-state index in [2.05, 4.69) is 5.32 Å². The summed E-state index contributed by atoms with van der Waals surface area (Å²) in [5.41, 5.74) is 1.53. The van der Waals surface area contributed by atoms with Crippen LogP contribution in [0.3, 0.4) is 0 Å². The quantitative estimate of drug-likeness (QED) is 0.813. The van der Waals surface area contributed by atoms with E-state index in [1.807, 2.05) is 32.9 Å². The molecule has 0 aliphatic heterocycles. The third-order valence-corrected chi connectivity index (χ3v) is 2.64. The minimum absolute atomic E-state index is 0.0931. The first-order chi connectivity index (χ1) is 8.52. The minimum atomic E-state index is -0.477. The van der Waals surface area contributed by atoms with Crippen LogP contribution in [-0.2, 0) is 9.53 Å². The molecule has 0 heterocycles. The average Bonchev–Trinajstić information content (AvgIpc) is 2.36. The summed E-state index contributed by atoms with van der Waals surface area (Å²) in [5, 5.41) is 2.73. The van der Waals surface area contributed by atoms with E-state index in [9.17, 15) is 9.59 Å². The highest BCUT2D eigenvalue weighted by Crippen LogP contribution is 2.04. The van der Waals surface area contributed by atoms with E-state index >= 15 is 0 Å². The molecule has 0 saturated carbocycles. The van der Waals surface area contributed by atoms with Crippen molar-refractivity contribution in [3.63, 3.8) is 0 Å². The van der Waals surface area contributed by atoms with Crippen molar-refractivity contribution >= 4 is 11.9 Å². The summed E-state index contributed by atoms with van der Waals surface area (Å²) in [6.45, 7) is 5.58. The van der Waals surface area contributed by atoms with E-state index in [-0.39, 0.29) is 18.6 Å². The molecule has 0 aromatic heterocycles. The summed E-state index contributed by atoms with van der Waals surface area (Å²) < 4.78 is 4.92. The van der Waals surface area contributed by atoms with Crippen LogP contribution < -0.4 is 5.32 Å². The van der Waals surface area contributed by atoms with Gasteiger partial charge in [0.2, 0.25) is 0 Å². The molecule has 98 valence electrons. The normalized spacial score (nSPS) is 11.7. The van der Waals surface area contributed by atoms with Gasteiger partial charge in [-0.2, -0.15) is 0 Å². The Kier molecular flexibility index (Phi) is 5.36. The van der Waals surface area contributed by atoms with Crippen LogP contribution in [-0.4, -0.2) is 24.5 Å². The number of hydrogen-bond acceptors (Lipinski definition) is 3. The molecule has 18 heavy (non-hydrogen) atoms. The fourth-order valence-electron chi connectivity index (χ4n) is 1.32. The van der Waals surface area contributed by atoms with E-state index < -0.39 is 5.97 Å². The van der Waals surface area contributed by atoms with Gasteiger partial charge in [-0.25, -0.2) is 4.79 Å². The number of hydrogen-bond donors (Lipinski definition) is 1. The molecule has 0 radical (unpaired) electrons. The maximum atomic E-state index is 11.6. The lowest BCUT2D eigenvalue weighted by atomic mass is 10.1. The Morgan fingerprint density at radius 1 is 1.28 bits per heavy atom. The van der Waals surface area contributed by atoms with Crippen LogP contribution in [0.15, 0.2) is 24.3 Å². The molecule has 1 atom stereocenters. The van der Waals surface area contributed by atoms with E-state index in [1.54, 1.807) is 12.1 Å². The van der Waals surface area contributed by atoms with Crippen molar-refractivity contribution in [2.24, 2.45) is 0 Å². The summed E-state index contributed by atoms with van der Waals surface area (Å²) in [6.07, 6.45) is 0.845. The number of carbonyl (C=O) groups is 2. The van der Waals surface area contributed by atoms with Crippen molar-refractivity contribution in [1.82, 2.24) is 5.32 Å². The van der Waals surface area contributed by atoms with Gasteiger partial charge in [0, 0.05) is 6.04 Å². The smallest absolute Gasteiger partial charge is 0.338 e. The number of rotatable bonds is 5. The van der Waals surface area contributed by atoms with E-state index in [0.29, 0.717) is 5.56 Å². The summed E-state index contributed by atoms with van der Waals surface area (Å²) in [5.74, 6) is -0.751.